The molecule has 0 aliphatic rings. The average molecular weight is 291 g/mol. The minimum atomic E-state index is -0.818. The van der Waals surface area contributed by atoms with Gasteiger partial charge in [0.05, 0.1) is 0 Å². The van der Waals surface area contributed by atoms with Gasteiger partial charge in [-0.1, -0.05) is 26.0 Å². The van der Waals surface area contributed by atoms with Gasteiger partial charge in [0.25, 0.3) is 5.91 Å². The zero-order valence-corrected chi connectivity index (χ0v) is 13.3. The maximum Gasteiger partial charge on any atom is 0.303 e. The fraction of sp³-hybridized carbons (Fsp3) is 0.529. The Morgan fingerprint density at radius 1 is 1.24 bits per heavy atom. The number of aliphatic carboxylic acids is 1. The third kappa shape index (κ3) is 5.58. The minimum Gasteiger partial charge on any atom is -0.481 e. The summed E-state index contributed by atoms with van der Waals surface area (Å²) in [7, 11) is 0. The Morgan fingerprint density at radius 2 is 1.90 bits per heavy atom. The van der Waals surface area contributed by atoms with Crippen LogP contribution in [0.15, 0.2) is 18.2 Å². The molecule has 1 rings (SSSR count). The lowest BCUT2D eigenvalue weighted by molar-refractivity contribution is -0.138. The number of rotatable bonds is 7. The number of carbonyl (C=O) groups is 2. The third-order valence-electron chi connectivity index (χ3n) is 3.67. The molecule has 1 unspecified atom stereocenters. The van der Waals surface area contributed by atoms with Gasteiger partial charge in [-0.25, -0.2) is 0 Å². The van der Waals surface area contributed by atoms with Crippen LogP contribution in [0.25, 0.3) is 0 Å². The van der Waals surface area contributed by atoms with Crippen LogP contribution in [0.1, 0.15) is 48.2 Å². The summed E-state index contributed by atoms with van der Waals surface area (Å²) in [5.41, 5.74) is 2.70. The van der Waals surface area contributed by atoms with Gasteiger partial charge < -0.3 is 10.4 Å². The number of benzene rings is 1. The fourth-order valence-electron chi connectivity index (χ4n) is 2.48. The van der Waals surface area contributed by atoms with Crippen molar-refractivity contribution < 1.29 is 14.7 Å². The summed E-state index contributed by atoms with van der Waals surface area (Å²) >= 11 is 0. The maximum absolute atomic E-state index is 12.2. The summed E-state index contributed by atoms with van der Waals surface area (Å²) in [6.07, 6.45) is 0.880. The number of hydrogen-bond donors (Lipinski definition) is 2. The van der Waals surface area contributed by atoms with Gasteiger partial charge in [0.1, 0.15) is 0 Å². The number of aryl methyl sites for hydroxylation is 1. The van der Waals surface area contributed by atoms with E-state index in [4.69, 9.17) is 5.11 Å². The Bertz CT molecular complexity index is 509. The SMILES string of the molecule is Cc1cccc(C(=O)NCC(CC(=O)O)CC(C)C)c1C. The van der Waals surface area contributed by atoms with Gasteiger partial charge in [-0.2, -0.15) is 0 Å². The van der Waals surface area contributed by atoms with E-state index < -0.39 is 5.97 Å². The lowest BCUT2D eigenvalue weighted by Gasteiger charge is -2.18. The first-order chi connectivity index (χ1) is 9.81. The lowest BCUT2D eigenvalue weighted by atomic mass is 9.94. The second-order valence-corrected chi connectivity index (χ2v) is 6.05. The smallest absolute Gasteiger partial charge is 0.303 e. The highest BCUT2D eigenvalue weighted by molar-refractivity contribution is 5.95. The molecule has 0 aliphatic carbocycles. The van der Waals surface area contributed by atoms with Crippen LogP contribution in [0.3, 0.4) is 0 Å². The normalized spacial score (nSPS) is 12.2. The molecule has 0 spiro atoms. The zero-order chi connectivity index (χ0) is 16.0. The quantitative estimate of drug-likeness (QED) is 0.811. The molecule has 21 heavy (non-hydrogen) atoms. The summed E-state index contributed by atoms with van der Waals surface area (Å²) in [5.74, 6) is -0.569. The average Bonchev–Trinajstić information content (AvgIpc) is 2.37. The Balaban J connectivity index is 2.68. The molecule has 1 amide bonds. The molecule has 0 aromatic heterocycles. The second-order valence-electron chi connectivity index (χ2n) is 6.05. The van der Waals surface area contributed by atoms with Gasteiger partial charge in [0, 0.05) is 18.5 Å². The van der Waals surface area contributed by atoms with Gasteiger partial charge in [0.2, 0.25) is 0 Å². The predicted molar refractivity (Wildman–Crippen MR) is 83.4 cm³/mol. The maximum atomic E-state index is 12.2. The highest BCUT2D eigenvalue weighted by Crippen LogP contribution is 2.16. The molecule has 4 nitrogen and oxygen atoms in total. The fourth-order valence-corrected chi connectivity index (χ4v) is 2.48. The monoisotopic (exact) mass is 291 g/mol. The highest BCUT2D eigenvalue weighted by Gasteiger charge is 2.17. The van der Waals surface area contributed by atoms with Gasteiger partial charge in [-0.15, -0.1) is 0 Å². The van der Waals surface area contributed by atoms with Crippen LogP contribution in [0.4, 0.5) is 0 Å². The summed E-state index contributed by atoms with van der Waals surface area (Å²) in [4.78, 5) is 23.1. The van der Waals surface area contributed by atoms with E-state index in [0.717, 1.165) is 17.5 Å². The molecule has 0 radical (unpaired) electrons. The zero-order valence-electron chi connectivity index (χ0n) is 13.3. The van der Waals surface area contributed by atoms with Crippen LogP contribution in [-0.4, -0.2) is 23.5 Å². The first-order valence-electron chi connectivity index (χ1n) is 7.37. The van der Waals surface area contributed by atoms with Crippen molar-refractivity contribution in [2.75, 3.05) is 6.54 Å². The Morgan fingerprint density at radius 3 is 2.48 bits per heavy atom. The lowest BCUT2D eigenvalue weighted by Crippen LogP contribution is -2.31. The second kappa shape index (κ2) is 7.81. The number of nitrogens with one attached hydrogen (secondary N) is 1. The molecule has 0 bridgehead atoms. The molecule has 1 aromatic carbocycles. The number of carboxylic acids is 1. The van der Waals surface area contributed by atoms with E-state index in [0.29, 0.717) is 18.0 Å². The van der Waals surface area contributed by atoms with Crippen LogP contribution in [0, 0.1) is 25.7 Å². The van der Waals surface area contributed by atoms with Crippen LogP contribution in [0.5, 0.6) is 0 Å². The van der Waals surface area contributed by atoms with Crippen molar-refractivity contribution in [2.24, 2.45) is 11.8 Å². The number of amides is 1. The van der Waals surface area contributed by atoms with E-state index in [-0.39, 0.29) is 18.2 Å². The molecular formula is C17H25NO3. The molecule has 0 aliphatic heterocycles. The molecule has 0 fully saturated rings. The molecule has 4 heteroatoms. The van der Waals surface area contributed by atoms with Gasteiger partial charge in [-0.05, 0) is 49.3 Å². The Labute approximate surface area is 126 Å². The van der Waals surface area contributed by atoms with Crippen LogP contribution >= 0.6 is 0 Å². The van der Waals surface area contributed by atoms with E-state index in [1.165, 1.54) is 0 Å². The largest absolute Gasteiger partial charge is 0.481 e. The van der Waals surface area contributed by atoms with E-state index in [2.05, 4.69) is 19.2 Å². The molecule has 0 heterocycles. The predicted octanol–water partition coefficient (Wildman–Crippen LogP) is 3.17. The van der Waals surface area contributed by atoms with Gasteiger partial charge in [-0.3, -0.25) is 9.59 Å². The van der Waals surface area contributed by atoms with Crippen LogP contribution in [0.2, 0.25) is 0 Å². The molecule has 116 valence electrons. The third-order valence-corrected chi connectivity index (χ3v) is 3.67. The highest BCUT2D eigenvalue weighted by atomic mass is 16.4. The molecule has 1 atom stereocenters. The van der Waals surface area contributed by atoms with E-state index in [9.17, 15) is 9.59 Å². The van der Waals surface area contributed by atoms with Gasteiger partial charge >= 0.3 is 5.97 Å². The van der Waals surface area contributed by atoms with Crippen molar-refractivity contribution in [2.45, 2.75) is 40.5 Å². The number of hydrogen-bond acceptors (Lipinski definition) is 2. The molecule has 0 saturated carbocycles. The Hall–Kier alpha value is -1.84. The molecular weight excluding hydrogens is 266 g/mol. The number of carbonyl (C=O) groups excluding carboxylic acids is 1. The summed E-state index contributed by atoms with van der Waals surface area (Å²) in [6.45, 7) is 8.41. The van der Waals surface area contributed by atoms with Crippen LogP contribution in [-0.2, 0) is 4.79 Å². The van der Waals surface area contributed by atoms with Crippen LogP contribution < -0.4 is 5.32 Å². The topological polar surface area (TPSA) is 66.4 Å². The Kier molecular flexibility index (Phi) is 6.40. The standard InChI is InChI=1S/C17H25NO3/c1-11(2)8-14(9-16(19)20)10-18-17(21)15-7-5-6-12(3)13(15)4/h5-7,11,14H,8-10H2,1-4H3,(H,18,21)(H,19,20). The first kappa shape index (κ1) is 17.2. The van der Waals surface area contributed by atoms with E-state index in [1.54, 1.807) is 6.07 Å². The van der Waals surface area contributed by atoms with E-state index >= 15 is 0 Å². The van der Waals surface area contributed by atoms with Gasteiger partial charge in [0.15, 0.2) is 0 Å². The number of carboxylic acid groups (broad SMARTS) is 1. The summed E-state index contributed by atoms with van der Waals surface area (Å²) < 4.78 is 0. The first-order valence-corrected chi connectivity index (χ1v) is 7.37. The molecule has 2 N–H and O–H groups in total. The minimum absolute atomic E-state index is 0.0310. The van der Waals surface area contributed by atoms with Crippen molar-refractivity contribution in [3.63, 3.8) is 0 Å². The van der Waals surface area contributed by atoms with Crippen molar-refractivity contribution in [1.82, 2.24) is 5.32 Å². The summed E-state index contributed by atoms with van der Waals surface area (Å²) in [5, 5.41) is 11.8. The molecule has 0 saturated heterocycles. The van der Waals surface area contributed by atoms with Crippen molar-refractivity contribution >= 4 is 11.9 Å². The van der Waals surface area contributed by atoms with E-state index in [1.807, 2.05) is 26.0 Å². The van der Waals surface area contributed by atoms with Crippen molar-refractivity contribution in [1.29, 1.82) is 0 Å². The van der Waals surface area contributed by atoms with Crippen molar-refractivity contribution in [3.05, 3.63) is 34.9 Å². The summed E-state index contributed by atoms with van der Waals surface area (Å²) in [6, 6.07) is 5.63. The van der Waals surface area contributed by atoms with Crippen molar-refractivity contribution in [3.8, 4) is 0 Å². The molecule has 1 aromatic rings.